The number of aliphatic hydroxyl groups is 1. The molecule has 9 heteroatoms. The number of carbonyl (C=O) groups excluding carboxylic acids is 1. The molecule has 1 amide bonds. The van der Waals surface area contributed by atoms with Crippen LogP contribution in [0.25, 0.3) is 11.0 Å². The van der Waals surface area contributed by atoms with E-state index in [1.165, 1.54) is 6.20 Å². The van der Waals surface area contributed by atoms with Crippen LogP contribution in [0.15, 0.2) is 108 Å². The highest BCUT2D eigenvalue weighted by atomic mass is 32.2. The van der Waals surface area contributed by atoms with Crippen LogP contribution in [0, 0.1) is 0 Å². The maximum absolute atomic E-state index is 13.0. The Kier molecular flexibility index (Phi) is 8.29. The molecule has 3 aromatic carbocycles. The van der Waals surface area contributed by atoms with Gasteiger partial charge in [0.15, 0.2) is 6.29 Å². The Morgan fingerprint density at radius 2 is 1.73 bits per heavy atom. The van der Waals surface area contributed by atoms with Crippen LogP contribution in [0.1, 0.15) is 46.0 Å². The third-order valence-corrected chi connectivity index (χ3v) is 7.84. The summed E-state index contributed by atoms with van der Waals surface area (Å²) < 4.78 is 12.9. The van der Waals surface area contributed by atoms with Crippen LogP contribution in [0.5, 0.6) is 0 Å². The van der Waals surface area contributed by atoms with Crippen LogP contribution in [0.2, 0.25) is 0 Å². The van der Waals surface area contributed by atoms with Crippen molar-refractivity contribution in [3.63, 3.8) is 0 Å². The minimum atomic E-state index is -0.641. The molecule has 0 saturated carbocycles. The Labute approximate surface area is 241 Å². The number of aromatic nitrogens is 3. The van der Waals surface area contributed by atoms with Gasteiger partial charge < -0.3 is 19.9 Å². The number of fused-ring (bicyclic) bond motifs is 1. The number of hydrogen-bond donors (Lipinski definition) is 2. The van der Waals surface area contributed by atoms with Crippen LogP contribution < -0.4 is 5.32 Å². The Morgan fingerprint density at radius 1 is 0.902 bits per heavy atom. The molecule has 2 N–H and O–H groups in total. The normalized spacial score (nSPS) is 18.7. The Morgan fingerprint density at radius 3 is 2.54 bits per heavy atom. The molecule has 3 heterocycles. The Balaban J connectivity index is 1.21. The summed E-state index contributed by atoms with van der Waals surface area (Å²) >= 11 is 1.64. The summed E-state index contributed by atoms with van der Waals surface area (Å²) in [6, 6.07) is 28.5. The van der Waals surface area contributed by atoms with Gasteiger partial charge in [0.25, 0.3) is 5.91 Å². The third kappa shape index (κ3) is 6.61. The molecule has 0 radical (unpaired) electrons. The zero-order valence-electron chi connectivity index (χ0n) is 22.1. The van der Waals surface area contributed by atoms with Gasteiger partial charge in [-0.1, -0.05) is 54.6 Å². The molecule has 2 aromatic heterocycles. The Bertz CT molecular complexity index is 1630. The third-order valence-electron chi connectivity index (χ3n) is 6.77. The summed E-state index contributed by atoms with van der Waals surface area (Å²) in [5.41, 5.74) is 4.87. The number of para-hydroxylation sites is 2. The van der Waals surface area contributed by atoms with Gasteiger partial charge in [-0.3, -0.25) is 9.78 Å². The SMILES string of the molecule is O=C(Nc1cccc([C@H]2O[C@@H](CSc3ccccn3)C[C@@H](c3ccc(CO)cc3)O2)c1)c1cnc2ccccc2n1. The smallest absolute Gasteiger partial charge is 0.275 e. The maximum Gasteiger partial charge on any atom is 0.275 e. The molecule has 206 valence electrons. The monoisotopic (exact) mass is 564 g/mol. The lowest BCUT2D eigenvalue weighted by atomic mass is 10.0. The standard InChI is InChI=1S/C32H28N4O4S/c37-19-21-11-13-22(14-12-21)29-17-25(20-41-30-10-3-4-15-33-30)39-32(40-29)23-6-5-7-24(16-23)35-31(38)28-18-34-26-8-1-2-9-27(26)36-28/h1-16,18,25,29,32,37H,17,19-20H2,(H,35,38)/t25-,29+,32+/m1/s1. The van der Waals surface area contributed by atoms with Crippen molar-refractivity contribution in [2.24, 2.45) is 0 Å². The summed E-state index contributed by atoms with van der Waals surface area (Å²) in [4.78, 5) is 26.2. The first kappa shape index (κ1) is 27.0. The largest absolute Gasteiger partial charge is 0.392 e. The van der Waals surface area contributed by atoms with Gasteiger partial charge in [0.05, 0.1) is 41.1 Å². The van der Waals surface area contributed by atoms with E-state index in [0.717, 1.165) is 27.2 Å². The van der Waals surface area contributed by atoms with Gasteiger partial charge in [-0.05, 0) is 47.5 Å². The number of aliphatic hydroxyl groups excluding tert-OH is 1. The average Bonchev–Trinajstić information content (AvgIpc) is 3.04. The predicted octanol–water partition coefficient (Wildman–Crippen LogP) is 6.11. The first-order valence-electron chi connectivity index (χ1n) is 13.3. The lowest BCUT2D eigenvalue weighted by Gasteiger charge is -2.36. The van der Waals surface area contributed by atoms with Crippen molar-refractivity contribution in [3.05, 3.63) is 126 Å². The number of ether oxygens (including phenoxy) is 2. The summed E-state index contributed by atoms with van der Waals surface area (Å²) in [6.45, 7) is -0.00974. The van der Waals surface area contributed by atoms with E-state index in [-0.39, 0.29) is 30.4 Å². The molecule has 0 bridgehead atoms. The van der Waals surface area contributed by atoms with Gasteiger partial charge in [-0.15, -0.1) is 11.8 Å². The molecular weight excluding hydrogens is 536 g/mol. The molecule has 0 spiro atoms. The van der Waals surface area contributed by atoms with Crippen LogP contribution in [0.3, 0.4) is 0 Å². The first-order valence-corrected chi connectivity index (χ1v) is 14.3. The number of amides is 1. The molecule has 0 unspecified atom stereocenters. The number of hydrogen-bond acceptors (Lipinski definition) is 8. The molecule has 5 aromatic rings. The van der Waals surface area contributed by atoms with Crippen molar-refractivity contribution in [3.8, 4) is 0 Å². The van der Waals surface area contributed by atoms with Crippen LogP contribution in [-0.4, -0.2) is 37.8 Å². The number of pyridine rings is 1. The minimum absolute atomic E-state index is 0.00974. The van der Waals surface area contributed by atoms with E-state index in [1.807, 2.05) is 91.0 Å². The molecule has 1 aliphatic heterocycles. The number of carbonyl (C=O) groups is 1. The first-order chi connectivity index (χ1) is 20.1. The number of benzene rings is 3. The molecule has 8 nitrogen and oxygen atoms in total. The minimum Gasteiger partial charge on any atom is -0.392 e. The van der Waals surface area contributed by atoms with Crippen molar-refractivity contribution < 1.29 is 19.4 Å². The van der Waals surface area contributed by atoms with E-state index in [1.54, 1.807) is 18.0 Å². The van der Waals surface area contributed by atoms with Crippen molar-refractivity contribution >= 4 is 34.4 Å². The van der Waals surface area contributed by atoms with E-state index in [9.17, 15) is 9.90 Å². The highest BCUT2D eigenvalue weighted by molar-refractivity contribution is 7.99. The molecule has 1 saturated heterocycles. The van der Waals surface area contributed by atoms with Gasteiger partial charge in [0.2, 0.25) is 0 Å². The summed E-state index contributed by atoms with van der Waals surface area (Å²) in [7, 11) is 0. The number of anilines is 1. The van der Waals surface area contributed by atoms with Crippen molar-refractivity contribution in [2.45, 2.75) is 36.6 Å². The lowest BCUT2D eigenvalue weighted by Crippen LogP contribution is -2.31. The van der Waals surface area contributed by atoms with E-state index in [2.05, 4.69) is 20.3 Å². The fourth-order valence-electron chi connectivity index (χ4n) is 4.66. The van der Waals surface area contributed by atoms with Gasteiger partial charge in [-0.25, -0.2) is 9.97 Å². The average molecular weight is 565 g/mol. The van der Waals surface area contributed by atoms with Crippen LogP contribution in [0.4, 0.5) is 5.69 Å². The van der Waals surface area contributed by atoms with E-state index < -0.39 is 6.29 Å². The maximum atomic E-state index is 13.0. The Hall–Kier alpha value is -4.15. The second-order valence-corrected chi connectivity index (χ2v) is 10.7. The summed E-state index contributed by atoms with van der Waals surface area (Å²) in [5.74, 6) is 0.358. The topological polar surface area (TPSA) is 106 Å². The quantitative estimate of drug-likeness (QED) is 0.218. The van der Waals surface area contributed by atoms with Crippen molar-refractivity contribution in [1.82, 2.24) is 15.0 Å². The zero-order chi connectivity index (χ0) is 28.0. The summed E-state index contributed by atoms with van der Waals surface area (Å²) in [5, 5.41) is 13.3. The molecule has 3 atom stereocenters. The highest BCUT2D eigenvalue weighted by Crippen LogP contribution is 2.39. The molecular formula is C32H28N4O4S. The van der Waals surface area contributed by atoms with E-state index in [0.29, 0.717) is 23.4 Å². The van der Waals surface area contributed by atoms with Gasteiger partial charge in [0.1, 0.15) is 5.69 Å². The molecule has 0 aliphatic carbocycles. The molecule has 41 heavy (non-hydrogen) atoms. The van der Waals surface area contributed by atoms with Crippen LogP contribution >= 0.6 is 11.8 Å². The fraction of sp³-hybridized carbons (Fsp3) is 0.188. The van der Waals surface area contributed by atoms with E-state index in [4.69, 9.17) is 9.47 Å². The van der Waals surface area contributed by atoms with Gasteiger partial charge in [-0.2, -0.15) is 0 Å². The predicted molar refractivity (Wildman–Crippen MR) is 157 cm³/mol. The molecule has 1 aliphatic rings. The van der Waals surface area contributed by atoms with Crippen molar-refractivity contribution in [1.29, 1.82) is 0 Å². The highest BCUT2D eigenvalue weighted by Gasteiger charge is 2.32. The van der Waals surface area contributed by atoms with Gasteiger partial charge in [0, 0.05) is 29.6 Å². The molecule has 1 fully saturated rings. The lowest BCUT2D eigenvalue weighted by molar-refractivity contribution is -0.245. The number of thioether (sulfide) groups is 1. The van der Waals surface area contributed by atoms with Crippen molar-refractivity contribution in [2.75, 3.05) is 11.1 Å². The number of nitrogens with zero attached hydrogens (tertiary/aromatic N) is 3. The molecule has 6 rings (SSSR count). The van der Waals surface area contributed by atoms with E-state index >= 15 is 0 Å². The fourth-order valence-corrected chi connectivity index (χ4v) is 5.54. The number of nitrogens with one attached hydrogen (secondary N) is 1. The van der Waals surface area contributed by atoms with Crippen LogP contribution in [-0.2, 0) is 16.1 Å². The zero-order valence-corrected chi connectivity index (χ0v) is 22.9. The van der Waals surface area contributed by atoms with Gasteiger partial charge >= 0.3 is 0 Å². The number of rotatable bonds is 8. The second-order valence-electron chi connectivity index (χ2n) is 9.65. The summed E-state index contributed by atoms with van der Waals surface area (Å²) in [6.07, 6.45) is 2.98. The second kappa shape index (κ2) is 12.6.